The number of benzene rings is 1. The molecule has 0 bridgehead atoms. The monoisotopic (exact) mass is 203 g/mol. The topological polar surface area (TPSA) is 44.0 Å². The van der Waals surface area contributed by atoms with Crippen LogP contribution in [0.25, 0.3) is 10.1 Å². The maximum atomic E-state index is 9.13. The van der Waals surface area contributed by atoms with E-state index in [4.69, 9.17) is 10.4 Å². The summed E-state index contributed by atoms with van der Waals surface area (Å²) in [5.74, 6) is 0. The lowest BCUT2D eigenvalue weighted by atomic mass is 10.1. The van der Waals surface area contributed by atoms with Gasteiger partial charge in [0.15, 0.2) is 0 Å². The summed E-state index contributed by atoms with van der Waals surface area (Å²) in [6.45, 7) is 1.96. The van der Waals surface area contributed by atoms with Crippen LogP contribution in [0.4, 0.5) is 0 Å². The van der Waals surface area contributed by atoms with Crippen molar-refractivity contribution in [2.45, 2.75) is 13.5 Å². The predicted molar refractivity (Wildman–Crippen MR) is 57.2 cm³/mol. The number of thiophene rings is 1. The number of nitriles is 1. The molecule has 2 aromatic rings. The van der Waals surface area contributed by atoms with Crippen molar-refractivity contribution in [3.63, 3.8) is 0 Å². The molecule has 0 atom stereocenters. The van der Waals surface area contributed by atoms with Crippen molar-refractivity contribution in [3.8, 4) is 6.07 Å². The molecule has 1 aromatic carbocycles. The van der Waals surface area contributed by atoms with Gasteiger partial charge in [-0.2, -0.15) is 5.26 Å². The first-order chi connectivity index (χ1) is 6.77. The number of hydrogen-bond acceptors (Lipinski definition) is 3. The highest BCUT2D eigenvalue weighted by molar-refractivity contribution is 7.19. The third-order valence-corrected chi connectivity index (χ3v) is 3.45. The number of fused-ring (bicyclic) bond motifs is 1. The fraction of sp³-hybridized carbons (Fsp3) is 0.182. The first-order valence-corrected chi connectivity index (χ1v) is 5.11. The van der Waals surface area contributed by atoms with E-state index in [0.29, 0.717) is 0 Å². The molecular formula is C11H9NOS. The Labute approximate surface area is 86.0 Å². The van der Waals surface area contributed by atoms with Crippen LogP contribution in [0.1, 0.15) is 16.0 Å². The van der Waals surface area contributed by atoms with Crippen LogP contribution in [0.3, 0.4) is 0 Å². The van der Waals surface area contributed by atoms with Crippen LogP contribution >= 0.6 is 11.3 Å². The Kier molecular flexibility index (Phi) is 2.24. The highest BCUT2D eigenvalue weighted by Crippen LogP contribution is 2.32. The largest absolute Gasteiger partial charge is 0.392 e. The van der Waals surface area contributed by atoms with Crippen LogP contribution in [0.15, 0.2) is 18.2 Å². The predicted octanol–water partition coefficient (Wildman–Crippen LogP) is 2.57. The molecule has 14 heavy (non-hydrogen) atoms. The van der Waals surface area contributed by atoms with Crippen LogP contribution in [0, 0.1) is 18.3 Å². The quantitative estimate of drug-likeness (QED) is 0.774. The zero-order chi connectivity index (χ0) is 10.1. The summed E-state index contributed by atoms with van der Waals surface area (Å²) < 4.78 is 1.03. The Morgan fingerprint density at radius 2 is 2.29 bits per heavy atom. The summed E-state index contributed by atoms with van der Waals surface area (Å²) >= 11 is 1.57. The summed E-state index contributed by atoms with van der Waals surface area (Å²) in [7, 11) is 0. The Morgan fingerprint density at radius 3 is 2.93 bits per heavy atom. The van der Waals surface area contributed by atoms with Crippen molar-refractivity contribution in [2.75, 3.05) is 0 Å². The molecule has 0 aliphatic carbocycles. The van der Waals surface area contributed by atoms with Gasteiger partial charge in [0.1, 0.15) is 6.07 Å². The van der Waals surface area contributed by atoms with Crippen LogP contribution < -0.4 is 0 Å². The van der Waals surface area contributed by atoms with Gasteiger partial charge in [0, 0.05) is 15.0 Å². The molecule has 1 N–H and O–H groups in total. The Morgan fingerprint density at radius 1 is 1.50 bits per heavy atom. The molecule has 0 aliphatic rings. The number of hydrogen-bond donors (Lipinski definition) is 1. The van der Waals surface area contributed by atoms with Gasteiger partial charge < -0.3 is 5.11 Å². The van der Waals surface area contributed by atoms with Crippen LogP contribution in [-0.4, -0.2) is 5.11 Å². The lowest BCUT2D eigenvalue weighted by Gasteiger charge is -1.96. The van der Waals surface area contributed by atoms with E-state index in [2.05, 4.69) is 6.07 Å². The van der Waals surface area contributed by atoms with E-state index in [1.165, 1.54) is 0 Å². The minimum atomic E-state index is 0.0299. The van der Waals surface area contributed by atoms with Crippen LogP contribution in [-0.2, 0) is 6.61 Å². The molecule has 70 valence electrons. The second-order valence-corrected chi connectivity index (χ2v) is 4.32. The van der Waals surface area contributed by atoms with Crippen molar-refractivity contribution in [2.24, 2.45) is 0 Å². The molecule has 2 nitrogen and oxygen atoms in total. The second-order valence-electron chi connectivity index (χ2n) is 3.10. The van der Waals surface area contributed by atoms with E-state index in [0.717, 1.165) is 26.1 Å². The second kappa shape index (κ2) is 3.41. The SMILES string of the molecule is Cc1sc2c(CO)cccc2c1C#N. The molecule has 1 aromatic heterocycles. The summed E-state index contributed by atoms with van der Waals surface area (Å²) in [5.41, 5.74) is 1.64. The summed E-state index contributed by atoms with van der Waals surface area (Å²) in [4.78, 5) is 1.02. The molecule has 3 heteroatoms. The van der Waals surface area contributed by atoms with Crippen molar-refractivity contribution in [1.29, 1.82) is 5.26 Å². The van der Waals surface area contributed by atoms with E-state index in [1.807, 2.05) is 25.1 Å². The van der Waals surface area contributed by atoms with Gasteiger partial charge in [-0.3, -0.25) is 0 Å². The van der Waals surface area contributed by atoms with Gasteiger partial charge in [-0.05, 0) is 12.5 Å². The maximum Gasteiger partial charge on any atom is 0.101 e. The third kappa shape index (κ3) is 1.20. The van der Waals surface area contributed by atoms with Gasteiger partial charge in [0.25, 0.3) is 0 Å². The van der Waals surface area contributed by atoms with Crippen molar-refractivity contribution in [1.82, 2.24) is 0 Å². The summed E-state index contributed by atoms with van der Waals surface area (Å²) in [5, 5.41) is 19.1. The van der Waals surface area contributed by atoms with E-state index in [1.54, 1.807) is 11.3 Å². The lowest BCUT2D eigenvalue weighted by Crippen LogP contribution is -1.81. The molecule has 0 fully saturated rings. The Bertz CT molecular complexity index is 522. The molecule has 0 amide bonds. The normalized spacial score (nSPS) is 10.4. The average molecular weight is 203 g/mol. The number of aryl methyl sites for hydroxylation is 1. The molecule has 1 heterocycles. The molecule has 2 rings (SSSR count). The average Bonchev–Trinajstić information content (AvgIpc) is 2.52. The van der Waals surface area contributed by atoms with Gasteiger partial charge in [-0.1, -0.05) is 18.2 Å². The van der Waals surface area contributed by atoms with Crippen LogP contribution in [0.2, 0.25) is 0 Å². The number of aliphatic hydroxyl groups is 1. The fourth-order valence-electron chi connectivity index (χ4n) is 1.56. The smallest absolute Gasteiger partial charge is 0.101 e. The highest BCUT2D eigenvalue weighted by atomic mass is 32.1. The minimum absolute atomic E-state index is 0.0299. The van der Waals surface area contributed by atoms with E-state index < -0.39 is 0 Å². The Balaban J connectivity index is 2.87. The molecule has 0 saturated carbocycles. The molecular weight excluding hydrogens is 194 g/mol. The molecule has 0 aliphatic heterocycles. The first kappa shape index (κ1) is 9.20. The van der Waals surface area contributed by atoms with Gasteiger partial charge in [-0.25, -0.2) is 0 Å². The number of nitrogens with zero attached hydrogens (tertiary/aromatic N) is 1. The zero-order valence-corrected chi connectivity index (χ0v) is 8.56. The first-order valence-electron chi connectivity index (χ1n) is 4.30. The van der Waals surface area contributed by atoms with Crippen LogP contribution in [0.5, 0.6) is 0 Å². The van der Waals surface area contributed by atoms with Gasteiger partial charge in [0.05, 0.1) is 12.2 Å². The third-order valence-electron chi connectivity index (χ3n) is 2.26. The minimum Gasteiger partial charge on any atom is -0.392 e. The van der Waals surface area contributed by atoms with E-state index >= 15 is 0 Å². The maximum absolute atomic E-state index is 9.13. The van der Waals surface area contributed by atoms with E-state index in [9.17, 15) is 0 Å². The Hall–Kier alpha value is -1.37. The van der Waals surface area contributed by atoms with Gasteiger partial charge in [-0.15, -0.1) is 11.3 Å². The molecule has 0 saturated heterocycles. The number of aliphatic hydroxyl groups excluding tert-OH is 1. The zero-order valence-electron chi connectivity index (χ0n) is 7.74. The fourth-order valence-corrected chi connectivity index (χ4v) is 2.67. The van der Waals surface area contributed by atoms with Crippen molar-refractivity contribution in [3.05, 3.63) is 34.2 Å². The van der Waals surface area contributed by atoms with Gasteiger partial charge >= 0.3 is 0 Å². The van der Waals surface area contributed by atoms with Gasteiger partial charge in [0.2, 0.25) is 0 Å². The summed E-state index contributed by atoms with van der Waals surface area (Å²) in [6.07, 6.45) is 0. The summed E-state index contributed by atoms with van der Waals surface area (Å²) in [6, 6.07) is 7.89. The highest BCUT2D eigenvalue weighted by Gasteiger charge is 2.10. The molecule has 0 radical (unpaired) electrons. The molecule has 0 spiro atoms. The molecule has 0 unspecified atom stereocenters. The van der Waals surface area contributed by atoms with Crippen molar-refractivity contribution >= 4 is 21.4 Å². The van der Waals surface area contributed by atoms with Crippen molar-refractivity contribution < 1.29 is 5.11 Å². The number of rotatable bonds is 1. The van der Waals surface area contributed by atoms with E-state index in [-0.39, 0.29) is 6.61 Å². The standard InChI is InChI=1S/C11H9NOS/c1-7-10(5-12)9-4-2-3-8(6-13)11(9)14-7/h2-4,13H,6H2,1H3. The lowest BCUT2D eigenvalue weighted by molar-refractivity contribution is 0.283.